The molecule has 0 aromatic carbocycles. The number of allylic oxidation sites excluding steroid dienone is 2. The predicted molar refractivity (Wildman–Crippen MR) is 317 cm³/mol. The third-order valence-electron chi connectivity index (χ3n) is 15.3. The summed E-state index contributed by atoms with van der Waals surface area (Å²) in [5.74, 6) is -0.838. The maximum atomic E-state index is 12.9. The van der Waals surface area contributed by atoms with Crippen LogP contribution in [0.3, 0.4) is 0 Å². The molecule has 0 aromatic rings. The standard InChI is InChI=1S/C67H128O6/c1-4-7-10-13-16-19-22-25-28-30-31-32-33-34-35-36-38-39-42-45-48-51-54-57-60-66(69)72-63-64(62-71-65(68)59-56-53-50-47-44-41-27-24-21-18-15-12-9-6-3)73-67(70)61-58-55-52-49-46-43-40-37-29-26-23-20-17-14-11-8-5-2/h26,29,64H,4-25,27-28,30-63H2,1-3H3/b29-26-. The molecule has 0 rings (SSSR count). The van der Waals surface area contributed by atoms with Gasteiger partial charge in [-0.3, -0.25) is 14.4 Å². The molecule has 0 aliphatic heterocycles. The Kier molecular flexibility index (Phi) is 61.1. The molecule has 0 aliphatic rings. The Bertz CT molecular complexity index is 1130. The van der Waals surface area contributed by atoms with Crippen LogP contribution in [0.4, 0.5) is 0 Å². The number of rotatable bonds is 62. The fourth-order valence-electron chi connectivity index (χ4n) is 10.3. The number of unbranched alkanes of at least 4 members (excludes halogenated alkanes) is 49. The molecular weight excluding hydrogens is 901 g/mol. The molecule has 0 saturated heterocycles. The Morgan fingerprint density at radius 3 is 0.685 bits per heavy atom. The van der Waals surface area contributed by atoms with Crippen LogP contribution in [0.2, 0.25) is 0 Å². The summed E-state index contributed by atoms with van der Waals surface area (Å²) >= 11 is 0. The van der Waals surface area contributed by atoms with Crippen LogP contribution in [0.5, 0.6) is 0 Å². The van der Waals surface area contributed by atoms with Gasteiger partial charge in [-0.25, -0.2) is 0 Å². The van der Waals surface area contributed by atoms with E-state index in [9.17, 15) is 14.4 Å². The van der Waals surface area contributed by atoms with Gasteiger partial charge in [0.1, 0.15) is 13.2 Å². The fourth-order valence-corrected chi connectivity index (χ4v) is 10.3. The lowest BCUT2D eigenvalue weighted by Crippen LogP contribution is -2.30. The van der Waals surface area contributed by atoms with Crippen LogP contribution in [-0.4, -0.2) is 37.2 Å². The van der Waals surface area contributed by atoms with E-state index in [1.165, 1.54) is 283 Å². The molecule has 1 unspecified atom stereocenters. The van der Waals surface area contributed by atoms with Gasteiger partial charge >= 0.3 is 17.9 Å². The molecule has 1 atom stereocenters. The highest BCUT2D eigenvalue weighted by Crippen LogP contribution is 2.18. The molecule has 6 heteroatoms. The molecule has 0 N–H and O–H groups in total. The van der Waals surface area contributed by atoms with Crippen molar-refractivity contribution >= 4 is 17.9 Å². The molecule has 0 saturated carbocycles. The van der Waals surface area contributed by atoms with Crippen molar-refractivity contribution in [1.29, 1.82) is 0 Å². The molecule has 0 radical (unpaired) electrons. The Labute approximate surface area is 456 Å². The van der Waals surface area contributed by atoms with E-state index in [0.29, 0.717) is 19.3 Å². The first-order chi connectivity index (χ1) is 36.0. The fraction of sp³-hybridized carbons (Fsp3) is 0.925. The topological polar surface area (TPSA) is 78.9 Å². The number of hydrogen-bond acceptors (Lipinski definition) is 6. The third kappa shape index (κ3) is 60.9. The summed E-state index contributed by atoms with van der Waals surface area (Å²) < 4.78 is 17.0. The molecule has 0 aliphatic carbocycles. The van der Waals surface area contributed by atoms with Crippen LogP contribution in [0.25, 0.3) is 0 Å². The molecule has 0 fully saturated rings. The summed E-state index contributed by atoms with van der Waals surface area (Å²) in [4.78, 5) is 38.3. The highest BCUT2D eigenvalue weighted by molar-refractivity contribution is 5.71. The number of ether oxygens (including phenoxy) is 3. The van der Waals surface area contributed by atoms with Crippen molar-refractivity contribution in [3.8, 4) is 0 Å². The molecule has 0 amide bonds. The van der Waals surface area contributed by atoms with Gasteiger partial charge in [-0.15, -0.1) is 0 Å². The van der Waals surface area contributed by atoms with Crippen LogP contribution in [0.15, 0.2) is 12.2 Å². The average molecular weight is 1030 g/mol. The van der Waals surface area contributed by atoms with Gasteiger partial charge in [0.25, 0.3) is 0 Å². The van der Waals surface area contributed by atoms with Crippen molar-refractivity contribution < 1.29 is 28.6 Å². The predicted octanol–water partition coefficient (Wildman–Crippen LogP) is 22.4. The highest BCUT2D eigenvalue weighted by Gasteiger charge is 2.19. The summed E-state index contributed by atoms with van der Waals surface area (Å²) in [6.45, 7) is 6.71. The summed E-state index contributed by atoms with van der Waals surface area (Å²) in [7, 11) is 0. The summed E-state index contributed by atoms with van der Waals surface area (Å²) in [5.41, 5.74) is 0. The molecule has 0 heterocycles. The number of esters is 3. The summed E-state index contributed by atoms with van der Waals surface area (Å²) in [5, 5.41) is 0. The quantitative estimate of drug-likeness (QED) is 0.0261. The van der Waals surface area contributed by atoms with E-state index in [1.54, 1.807) is 0 Å². The van der Waals surface area contributed by atoms with Crippen molar-refractivity contribution in [1.82, 2.24) is 0 Å². The minimum atomic E-state index is -0.768. The minimum Gasteiger partial charge on any atom is -0.462 e. The van der Waals surface area contributed by atoms with E-state index in [2.05, 4.69) is 32.9 Å². The maximum absolute atomic E-state index is 12.9. The molecule has 432 valence electrons. The largest absolute Gasteiger partial charge is 0.462 e. The van der Waals surface area contributed by atoms with E-state index < -0.39 is 6.10 Å². The third-order valence-corrected chi connectivity index (χ3v) is 15.3. The van der Waals surface area contributed by atoms with E-state index in [1.807, 2.05) is 0 Å². The Balaban J connectivity index is 4.23. The van der Waals surface area contributed by atoms with Gasteiger partial charge in [0.2, 0.25) is 0 Å². The van der Waals surface area contributed by atoms with Crippen molar-refractivity contribution in [2.24, 2.45) is 0 Å². The van der Waals surface area contributed by atoms with Gasteiger partial charge < -0.3 is 14.2 Å². The van der Waals surface area contributed by atoms with Gasteiger partial charge in [-0.05, 0) is 44.9 Å². The lowest BCUT2D eigenvalue weighted by Gasteiger charge is -2.18. The molecule has 73 heavy (non-hydrogen) atoms. The van der Waals surface area contributed by atoms with Crippen molar-refractivity contribution in [2.45, 2.75) is 386 Å². The van der Waals surface area contributed by atoms with E-state index in [4.69, 9.17) is 14.2 Å². The maximum Gasteiger partial charge on any atom is 0.306 e. The molecular formula is C67H128O6. The van der Waals surface area contributed by atoms with Crippen LogP contribution >= 0.6 is 0 Å². The smallest absolute Gasteiger partial charge is 0.306 e. The first kappa shape index (κ1) is 71.2. The summed E-state index contributed by atoms with van der Waals surface area (Å²) in [6, 6.07) is 0. The highest BCUT2D eigenvalue weighted by atomic mass is 16.6. The molecule has 0 spiro atoms. The Morgan fingerprint density at radius 2 is 0.452 bits per heavy atom. The minimum absolute atomic E-state index is 0.0651. The number of hydrogen-bond donors (Lipinski definition) is 0. The zero-order valence-corrected chi connectivity index (χ0v) is 49.7. The van der Waals surface area contributed by atoms with Gasteiger partial charge in [0, 0.05) is 19.3 Å². The average Bonchev–Trinajstić information content (AvgIpc) is 3.39. The van der Waals surface area contributed by atoms with E-state index >= 15 is 0 Å². The van der Waals surface area contributed by atoms with E-state index in [0.717, 1.165) is 57.8 Å². The number of carbonyl (C=O) groups excluding carboxylic acids is 3. The second kappa shape index (κ2) is 62.7. The monoisotopic (exact) mass is 1030 g/mol. The lowest BCUT2D eigenvalue weighted by atomic mass is 10.0. The number of carbonyl (C=O) groups is 3. The van der Waals surface area contributed by atoms with Crippen molar-refractivity contribution in [2.75, 3.05) is 13.2 Å². The van der Waals surface area contributed by atoms with Crippen LogP contribution in [0.1, 0.15) is 380 Å². The van der Waals surface area contributed by atoms with Crippen molar-refractivity contribution in [3.63, 3.8) is 0 Å². The van der Waals surface area contributed by atoms with Gasteiger partial charge in [-0.1, -0.05) is 328 Å². The lowest BCUT2D eigenvalue weighted by molar-refractivity contribution is -0.167. The molecule has 6 nitrogen and oxygen atoms in total. The Hall–Kier alpha value is -1.85. The van der Waals surface area contributed by atoms with E-state index in [-0.39, 0.29) is 31.1 Å². The zero-order chi connectivity index (χ0) is 52.9. The van der Waals surface area contributed by atoms with Crippen LogP contribution in [-0.2, 0) is 28.6 Å². The SMILES string of the molecule is CCCCCCCC/C=C\CCCCCCCCCC(=O)OC(COC(=O)CCCCCCCCCCCCCCCC)COC(=O)CCCCCCCCCCCCCCCCCCCCCCCCCC. The molecule has 0 aromatic heterocycles. The normalized spacial score (nSPS) is 12.0. The van der Waals surface area contributed by atoms with Crippen LogP contribution in [0, 0.1) is 0 Å². The van der Waals surface area contributed by atoms with Gasteiger partial charge in [-0.2, -0.15) is 0 Å². The zero-order valence-electron chi connectivity index (χ0n) is 49.7. The Morgan fingerprint density at radius 1 is 0.260 bits per heavy atom. The molecule has 0 bridgehead atoms. The van der Waals surface area contributed by atoms with Crippen LogP contribution < -0.4 is 0 Å². The second-order valence-corrected chi connectivity index (χ2v) is 22.7. The first-order valence-corrected chi connectivity index (χ1v) is 33.2. The van der Waals surface area contributed by atoms with Gasteiger partial charge in [0.15, 0.2) is 6.10 Å². The first-order valence-electron chi connectivity index (χ1n) is 33.2. The van der Waals surface area contributed by atoms with Crippen molar-refractivity contribution in [3.05, 3.63) is 12.2 Å². The van der Waals surface area contributed by atoms with Gasteiger partial charge in [0.05, 0.1) is 0 Å². The second-order valence-electron chi connectivity index (χ2n) is 22.7. The summed E-state index contributed by atoms with van der Waals surface area (Å²) in [6.07, 6.45) is 73.7.